The smallest absolute Gasteiger partial charge is 0.248 e. The zero-order valence-corrected chi connectivity index (χ0v) is 19.2. The molecule has 3 aromatic rings. The molecule has 0 bridgehead atoms. The van der Waals surface area contributed by atoms with E-state index in [0.717, 1.165) is 67.3 Å². The maximum absolute atomic E-state index is 12.3. The van der Waals surface area contributed by atoms with Gasteiger partial charge in [0.1, 0.15) is 18.2 Å². The van der Waals surface area contributed by atoms with Gasteiger partial charge in [0.2, 0.25) is 5.91 Å². The summed E-state index contributed by atoms with van der Waals surface area (Å²) in [7, 11) is 1.56. The summed E-state index contributed by atoms with van der Waals surface area (Å²) >= 11 is 0. The number of carbonyl (C=O) groups excluding carboxylic acids is 1. The number of methoxy groups -OCH3 is 1. The van der Waals surface area contributed by atoms with E-state index in [1.807, 2.05) is 46.1 Å². The first-order valence-electron chi connectivity index (χ1n) is 11.4. The number of hydrogen-bond donors (Lipinski definition) is 0. The topological polar surface area (TPSA) is 76.4 Å². The second-order valence-electron chi connectivity index (χ2n) is 8.38. The molecule has 1 aliphatic rings. The molecule has 1 fully saturated rings. The highest BCUT2D eigenvalue weighted by atomic mass is 16.5. The van der Waals surface area contributed by atoms with Crippen molar-refractivity contribution in [1.29, 1.82) is 0 Å². The Bertz CT molecular complexity index is 1050. The molecule has 3 heterocycles. The van der Waals surface area contributed by atoms with Crippen LogP contribution in [0, 0.1) is 0 Å². The van der Waals surface area contributed by atoms with Crippen molar-refractivity contribution >= 4 is 22.8 Å². The third-order valence-corrected chi connectivity index (χ3v) is 6.00. The second kappa shape index (κ2) is 10.1. The highest BCUT2D eigenvalue weighted by Crippen LogP contribution is 2.29. The van der Waals surface area contributed by atoms with E-state index in [-0.39, 0.29) is 18.4 Å². The lowest BCUT2D eigenvalue weighted by Gasteiger charge is -2.24. The van der Waals surface area contributed by atoms with Gasteiger partial charge in [-0.05, 0) is 25.0 Å². The van der Waals surface area contributed by atoms with Gasteiger partial charge >= 0.3 is 0 Å². The highest BCUT2D eigenvalue weighted by molar-refractivity contribution is 5.88. The Morgan fingerprint density at radius 1 is 1.12 bits per heavy atom. The van der Waals surface area contributed by atoms with Crippen LogP contribution in [-0.4, -0.2) is 70.5 Å². The van der Waals surface area contributed by atoms with Crippen LogP contribution in [0.2, 0.25) is 0 Å². The molecule has 0 N–H and O–H groups in total. The molecular weight excluding hydrogens is 404 g/mol. The Morgan fingerprint density at radius 3 is 2.69 bits per heavy atom. The number of amides is 1. The number of rotatable bonds is 7. The van der Waals surface area contributed by atoms with Gasteiger partial charge in [-0.2, -0.15) is 5.10 Å². The minimum absolute atomic E-state index is 0.0383. The van der Waals surface area contributed by atoms with Gasteiger partial charge in [-0.3, -0.25) is 4.79 Å². The molecule has 170 valence electrons. The molecule has 0 saturated carbocycles. The molecule has 1 atom stereocenters. The van der Waals surface area contributed by atoms with Crippen molar-refractivity contribution in [2.75, 3.05) is 44.8 Å². The van der Waals surface area contributed by atoms with Gasteiger partial charge < -0.3 is 14.5 Å². The lowest BCUT2D eigenvalue weighted by Crippen LogP contribution is -2.37. The summed E-state index contributed by atoms with van der Waals surface area (Å²) in [5, 5.41) is 5.61. The first kappa shape index (κ1) is 22.2. The quantitative estimate of drug-likeness (QED) is 0.565. The lowest BCUT2D eigenvalue weighted by atomic mass is 10.1. The number of aromatic nitrogens is 4. The molecule has 0 radical (unpaired) electrons. The average molecular weight is 437 g/mol. The van der Waals surface area contributed by atoms with Gasteiger partial charge in [-0.25, -0.2) is 14.6 Å². The summed E-state index contributed by atoms with van der Waals surface area (Å²) in [6.45, 7) is 7.44. The van der Waals surface area contributed by atoms with Crippen molar-refractivity contribution < 1.29 is 9.53 Å². The number of anilines is 1. The summed E-state index contributed by atoms with van der Waals surface area (Å²) in [5.41, 5.74) is 1.81. The van der Waals surface area contributed by atoms with Gasteiger partial charge in [0.05, 0.1) is 17.3 Å². The number of hydrogen-bond acceptors (Lipinski definition) is 6. The van der Waals surface area contributed by atoms with E-state index in [4.69, 9.17) is 14.7 Å². The van der Waals surface area contributed by atoms with E-state index in [2.05, 4.69) is 23.8 Å². The molecule has 8 nitrogen and oxygen atoms in total. The normalized spacial score (nSPS) is 15.7. The Kier molecular flexibility index (Phi) is 6.99. The van der Waals surface area contributed by atoms with Crippen molar-refractivity contribution in [2.45, 2.75) is 39.0 Å². The van der Waals surface area contributed by atoms with Gasteiger partial charge in [-0.15, -0.1) is 0 Å². The Hall–Kier alpha value is -3.00. The maximum Gasteiger partial charge on any atom is 0.248 e. The Balaban J connectivity index is 1.73. The fourth-order valence-electron chi connectivity index (χ4n) is 4.28. The summed E-state index contributed by atoms with van der Waals surface area (Å²) in [6, 6.07) is 10.1. The SMILES string of the molecule is CCCC(C)c1nc(N2CCCN(C(=O)COC)CC2)c2cnn(-c3ccccc3)c2n1. The largest absolute Gasteiger partial charge is 0.375 e. The first-order valence-corrected chi connectivity index (χ1v) is 11.4. The zero-order chi connectivity index (χ0) is 22.5. The van der Waals surface area contributed by atoms with Gasteiger partial charge in [0.25, 0.3) is 0 Å². The van der Waals surface area contributed by atoms with Crippen LogP contribution in [0.4, 0.5) is 5.82 Å². The summed E-state index contributed by atoms with van der Waals surface area (Å²) in [5.74, 6) is 2.06. The number of fused-ring (bicyclic) bond motifs is 1. The molecule has 2 aromatic heterocycles. The molecule has 0 aliphatic carbocycles. The van der Waals surface area contributed by atoms with E-state index in [1.165, 1.54) is 0 Å². The van der Waals surface area contributed by atoms with Crippen LogP contribution in [0.5, 0.6) is 0 Å². The summed E-state index contributed by atoms with van der Waals surface area (Å²) < 4.78 is 6.94. The summed E-state index contributed by atoms with van der Waals surface area (Å²) in [4.78, 5) is 26.5. The predicted octanol–water partition coefficient (Wildman–Crippen LogP) is 3.40. The average Bonchev–Trinajstić information content (AvgIpc) is 3.08. The van der Waals surface area contributed by atoms with E-state index in [0.29, 0.717) is 6.54 Å². The van der Waals surface area contributed by atoms with Gasteiger partial charge in [0.15, 0.2) is 5.65 Å². The minimum atomic E-state index is 0.0383. The maximum atomic E-state index is 12.3. The molecule has 4 rings (SSSR count). The summed E-state index contributed by atoms with van der Waals surface area (Å²) in [6.07, 6.45) is 4.86. The van der Waals surface area contributed by atoms with E-state index >= 15 is 0 Å². The van der Waals surface area contributed by atoms with Crippen molar-refractivity contribution in [2.24, 2.45) is 0 Å². The zero-order valence-electron chi connectivity index (χ0n) is 19.2. The van der Waals surface area contributed by atoms with E-state index in [1.54, 1.807) is 7.11 Å². The van der Waals surface area contributed by atoms with Crippen LogP contribution in [0.1, 0.15) is 44.9 Å². The third kappa shape index (κ3) is 4.60. The van der Waals surface area contributed by atoms with Crippen LogP contribution in [0.15, 0.2) is 36.5 Å². The standard InChI is InChI=1S/C24H32N6O2/c1-4-9-18(2)22-26-23(29-13-8-12-28(14-15-29)21(31)17-32-3)20-16-25-30(24(20)27-22)19-10-6-5-7-11-19/h5-7,10-11,16,18H,4,8-9,12-15,17H2,1-3H3. The van der Waals surface area contributed by atoms with E-state index in [9.17, 15) is 4.79 Å². The number of benzene rings is 1. The Morgan fingerprint density at radius 2 is 1.94 bits per heavy atom. The van der Waals surface area contributed by atoms with Crippen molar-refractivity contribution in [1.82, 2.24) is 24.6 Å². The molecular formula is C24H32N6O2. The monoisotopic (exact) mass is 436 g/mol. The van der Waals surface area contributed by atoms with Crippen LogP contribution < -0.4 is 4.90 Å². The highest BCUT2D eigenvalue weighted by Gasteiger charge is 2.24. The molecule has 8 heteroatoms. The van der Waals surface area contributed by atoms with Crippen LogP contribution in [-0.2, 0) is 9.53 Å². The molecule has 1 aromatic carbocycles. The fourth-order valence-corrected chi connectivity index (χ4v) is 4.28. The molecule has 1 amide bonds. The minimum Gasteiger partial charge on any atom is -0.375 e. The van der Waals surface area contributed by atoms with Crippen LogP contribution in [0.25, 0.3) is 16.7 Å². The number of nitrogens with zero attached hydrogens (tertiary/aromatic N) is 6. The molecule has 1 aliphatic heterocycles. The molecule has 32 heavy (non-hydrogen) atoms. The molecule has 0 spiro atoms. The number of para-hydroxylation sites is 1. The van der Waals surface area contributed by atoms with Crippen molar-refractivity contribution in [3.05, 3.63) is 42.4 Å². The molecule has 1 saturated heterocycles. The third-order valence-electron chi connectivity index (χ3n) is 6.00. The Labute approximate surface area is 189 Å². The van der Waals surface area contributed by atoms with Crippen LogP contribution in [0.3, 0.4) is 0 Å². The second-order valence-corrected chi connectivity index (χ2v) is 8.38. The first-order chi connectivity index (χ1) is 15.6. The van der Waals surface area contributed by atoms with Gasteiger partial charge in [0, 0.05) is 39.2 Å². The predicted molar refractivity (Wildman–Crippen MR) is 125 cm³/mol. The number of carbonyl (C=O) groups is 1. The van der Waals surface area contributed by atoms with E-state index < -0.39 is 0 Å². The lowest BCUT2D eigenvalue weighted by molar-refractivity contribution is -0.134. The van der Waals surface area contributed by atoms with Crippen LogP contribution >= 0.6 is 0 Å². The number of ether oxygens (including phenoxy) is 1. The van der Waals surface area contributed by atoms with Gasteiger partial charge in [-0.1, -0.05) is 38.5 Å². The van der Waals surface area contributed by atoms with Crippen molar-refractivity contribution in [3.63, 3.8) is 0 Å². The van der Waals surface area contributed by atoms with Crippen molar-refractivity contribution in [3.8, 4) is 5.69 Å². The fraction of sp³-hybridized carbons (Fsp3) is 0.500. The molecule has 1 unspecified atom stereocenters.